The first-order chi connectivity index (χ1) is 36.0. The molecule has 0 amide bonds. The van der Waals surface area contributed by atoms with Gasteiger partial charge in [0, 0.05) is 19.3 Å². The summed E-state index contributed by atoms with van der Waals surface area (Å²) < 4.78 is 16.9. The molecule has 1 unspecified atom stereocenters. The van der Waals surface area contributed by atoms with Crippen LogP contribution in [0.1, 0.15) is 342 Å². The second-order valence-electron chi connectivity index (χ2n) is 21.7. The monoisotopic (exact) mass is 1020 g/mol. The lowest BCUT2D eigenvalue weighted by atomic mass is 10.0. The molecule has 0 saturated heterocycles. The van der Waals surface area contributed by atoms with E-state index >= 15 is 0 Å². The largest absolute Gasteiger partial charge is 0.462 e. The molecule has 0 saturated carbocycles. The molecular weight excluding hydrogens is 901 g/mol. The minimum Gasteiger partial charge on any atom is -0.462 e. The molecule has 0 aliphatic heterocycles. The summed E-state index contributed by atoms with van der Waals surface area (Å²) >= 11 is 0. The van der Waals surface area contributed by atoms with Gasteiger partial charge < -0.3 is 14.2 Å². The van der Waals surface area contributed by atoms with Crippen LogP contribution in [0.15, 0.2) is 48.6 Å². The molecule has 0 rings (SSSR count). The normalized spacial score (nSPS) is 12.3. The van der Waals surface area contributed by atoms with Crippen molar-refractivity contribution in [1.29, 1.82) is 0 Å². The van der Waals surface area contributed by atoms with Gasteiger partial charge in [0.2, 0.25) is 0 Å². The first kappa shape index (κ1) is 70.4. The fraction of sp³-hybridized carbons (Fsp3) is 0.836. The summed E-state index contributed by atoms with van der Waals surface area (Å²) in [5.74, 6) is -0.864. The Morgan fingerprint density at radius 2 is 0.507 bits per heavy atom. The summed E-state index contributed by atoms with van der Waals surface area (Å²) in [5, 5.41) is 0. The molecule has 0 aliphatic carbocycles. The number of carbonyl (C=O) groups is 3. The van der Waals surface area contributed by atoms with Gasteiger partial charge in [0.15, 0.2) is 6.10 Å². The van der Waals surface area contributed by atoms with E-state index in [1.165, 1.54) is 225 Å². The summed E-state index contributed by atoms with van der Waals surface area (Å²) in [6, 6.07) is 0. The van der Waals surface area contributed by atoms with Crippen LogP contribution in [0, 0.1) is 0 Å². The van der Waals surface area contributed by atoms with E-state index in [4.69, 9.17) is 14.2 Å². The molecular formula is C67H122O6. The zero-order valence-electron chi connectivity index (χ0n) is 48.9. The second kappa shape index (κ2) is 61.9. The molecule has 0 bridgehead atoms. The van der Waals surface area contributed by atoms with Crippen LogP contribution in [0.5, 0.6) is 0 Å². The standard InChI is InChI=1S/C67H122O6/c1-4-7-10-13-16-19-22-24-26-27-28-29-30-31-32-33-34-35-36-37-38-39-41-42-45-48-51-54-57-60-66(69)72-63-64(62-71-65(68)59-56-53-50-47-44-21-18-15-12-9-6-3)73-67(70)61-58-55-52-49-46-43-40-25-23-20-17-14-11-8-5-2/h15,18,22,24,27-28,30-31,64H,4-14,16-17,19-21,23,25-26,29,32-63H2,1-3H3/b18-15-,24-22-,28-27-,31-30-. The predicted octanol–water partition coefficient (Wildman–Crippen LogP) is 21.8. The van der Waals surface area contributed by atoms with Gasteiger partial charge in [-0.05, 0) is 77.0 Å². The minimum absolute atomic E-state index is 0.0719. The summed E-state index contributed by atoms with van der Waals surface area (Å²) in [4.78, 5) is 38.2. The van der Waals surface area contributed by atoms with Crippen LogP contribution in [0.2, 0.25) is 0 Å². The molecule has 0 aromatic heterocycles. The van der Waals surface area contributed by atoms with Crippen molar-refractivity contribution in [2.75, 3.05) is 13.2 Å². The Labute approximate surface area is 454 Å². The zero-order valence-corrected chi connectivity index (χ0v) is 48.9. The number of hydrogen-bond acceptors (Lipinski definition) is 6. The fourth-order valence-electron chi connectivity index (χ4n) is 9.43. The Balaban J connectivity index is 4.15. The number of unbranched alkanes of at least 4 members (excludes halogenated alkanes) is 40. The van der Waals surface area contributed by atoms with Gasteiger partial charge in [0.1, 0.15) is 13.2 Å². The maximum Gasteiger partial charge on any atom is 0.306 e. The van der Waals surface area contributed by atoms with Gasteiger partial charge in [-0.25, -0.2) is 0 Å². The first-order valence-corrected chi connectivity index (χ1v) is 32.1. The number of hydrogen-bond donors (Lipinski definition) is 0. The van der Waals surface area contributed by atoms with Gasteiger partial charge >= 0.3 is 17.9 Å². The number of rotatable bonds is 59. The Morgan fingerprint density at radius 3 is 0.822 bits per heavy atom. The van der Waals surface area contributed by atoms with E-state index in [0.717, 1.165) is 77.0 Å². The summed E-state index contributed by atoms with van der Waals surface area (Å²) in [6.07, 6.45) is 77.0. The van der Waals surface area contributed by atoms with E-state index in [2.05, 4.69) is 69.4 Å². The quantitative estimate of drug-likeness (QED) is 0.0261. The van der Waals surface area contributed by atoms with Gasteiger partial charge in [0.05, 0.1) is 0 Å². The van der Waals surface area contributed by atoms with E-state index in [9.17, 15) is 14.4 Å². The van der Waals surface area contributed by atoms with Crippen LogP contribution < -0.4 is 0 Å². The lowest BCUT2D eigenvalue weighted by Gasteiger charge is -2.18. The number of carbonyl (C=O) groups excluding carboxylic acids is 3. The van der Waals surface area contributed by atoms with Crippen molar-refractivity contribution in [1.82, 2.24) is 0 Å². The summed E-state index contributed by atoms with van der Waals surface area (Å²) in [6.45, 7) is 6.63. The molecule has 0 radical (unpaired) electrons. The molecule has 0 fully saturated rings. The number of esters is 3. The average molecular weight is 1020 g/mol. The van der Waals surface area contributed by atoms with Crippen molar-refractivity contribution >= 4 is 17.9 Å². The lowest BCUT2D eigenvalue weighted by molar-refractivity contribution is -0.167. The molecule has 0 N–H and O–H groups in total. The topological polar surface area (TPSA) is 78.9 Å². The van der Waals surface area contributed by atoms with Crippen molar-refractivity contribution in [3.8, 4) is 0 Å². The molecule has 0 aliphatic rings. The van der Waals surface area contributed by atoms with Gasteiger partial charge in [0.25, 0.3) is 0 Å². The van der Waals surface area contributed by atoms with E-state index in [1.807, 2.05) is 0 Å². The third kappa shape index (κ3) is 60.1. The van der Waals surface area contributed by atoms with E-state index in [0.29, 0.717) is 19.3 Å². The third-order valence-corrected chi connectivity index (χ3v) is 14.3. The second-order valence-corrected chi connectivity index (χ2v) is 21.7. The molecule has 6 heteroatoms. The molecule has 73 heavy (non-hydrogen) atoms. The zero-order chi connectivity index (χ0) is 52.9. The highest BCUT2D eigenvalue weighted by atomic mass is 16.6. The van der Waals surface area contributed by atoms with Gasteiger partial charge in [-0.3, -0.25) is 14.4 Å². The van der Waals surface area contributed by atoms with Crippen molar-refractivity contribution in [3.05, 3.63) is 48.6 Å². The Kier molecular flexibility index (Phi) is 59.7. The molecule has 0 heterocycles. The lowest BCUT2D eigenvalue weighted by Crippen LogP contribution is -2.30. The molecule has 0 aromatic carbocycles. The van der Waals surface area contributed by atoms with Crippen molar-refractivity contribution in [3.63, 3.8) is 0 Å². The predicted molar refractivity (Wildman–Crippen MR) is 316 cm³/mol. The average Bonchev–Trinajstić information content (AvgIpc) is 3.39. The molecule has 0 aromatic rings. The summed E-state index contributed by atoms with van der Waals surface area (Å²) in [7, 11) is 0. The highest BCUT2D eigenvalue weighted by molar-refractivity contribution is 5.71. The van der Waals surface area contributed by atoms with E-state index in [1.54, 1.807) is 0 Å². The van der Waals surface area contributed by atoms with Crippen molar-refractivity contribution in [2.45, 2.75) is 348 Å². The summed E-state index contributed by atoms with van der Waals surface area (Å²) in [5.41, 5.74) is 0. The maximum atomic E-state index is 12.9. The van der Waals surface area contributed by atoms with E-state index < -0.39 is 6.10 Å². The van der Waals surface area contributed by atoms with Crippen LogP contribution in [0.25, 0.3) is 0 Å². The Hall–Kier alpha value is -2.63. The minimum atomic E-state index is -0.773. The first-order valence-electron chi connectivity index (χ1n) is 32.1. The number of allylic oxidation sites excluding steroid dienone is 8. The SMILES string of the molecule is CCCC/C=C\CCCCCCCC(=O)OCC(COC(=O)CCCCCCCCCCCCCCCC/C=C\C/C=C\C/C=C\CCCCCCC)OC(=O)CCCCCCCCCCCCCCCCC. The highest BCUT2D eigenvalue weighted by Crippen LogP contribution is 2.17. The van der Waals surface area contributed by atoms with Gasteiger partial charge in [-0.15, -0.1) is 0 Å². The number of ether oxygens (including phenoxy) is 3. The molecule has 0 spiro atoms. The Morgan fingerprint density at radius 1 is 0.274 bits per heavy atom. The smallest absolute Gasteiger partial charge is 0.306 e. The Bertz CT molecular complexity index is 1270. The van der Waals surface area contributed by atoms with Crippen LogP contribution in [-0.4, -0.2) is 37.2 Å². The molecule has 426 valence electrons. The van der Waals surface area contributed by atoms with Crippen LogP contribution in [0.3, 0.4) is 0 Å². The van der Waals surface area contributed by atoms with Crippen LogP contribution in [0.4, 0.5) is 0 Å². The van der Waals surface area contributed by atoms with Gasteiger partial charge in [-0.1, -0.05) is 294 Å². The third-order valence-electron chi connectivity index (χ3n) is 14.3. The van der Waals surface area contributed by atoms with Crippen LogP contribution in [-0.2, 0) is 28.6 Å². The van der Waals surface area contributed by atoms with E-state index in [-0.39, 0.29) is 31.1 Å². The van der Waals surface area contributed by atoms with Crippen molar-refractivity contribution in [2.24, 2.45) is 0 Å². The van der Waals surface area contributed by atoms with Crippen molar-refractivity contribution < 1.29 is 28.6 Å². The molecule has 1 atom stereocenters. The fourth-order valence-corrected chi connectivity index (χ4v) is 9.43. The maximum absolute atomic E-state index is 12.9. The highest BCUT2D eigenvalue weighted by Gasteiger charge is 2.19. The molecule has 6 nitrogen and oxygen atoms in total. The van der Waals surface area contributed by atoms with Crippen LogP contribution >= 0.6 is 0 Å². The van der Waals surface area contributed by atoms with Gasteiger partial charge in [-0.2, -0.15) is 0 Å².